The van der Waals surface area contributed by atoms with Crippen molar-refractivity contribution in [2.75, 3.05) is 0 Å². The number of allylic oxidation sites excluding steroid dienone is 13. The van der Waals surface area contributed by atoms with Crippen LogP contribution in [0, 0.1) is 52.3 Å². The molecule has 0 aliphatic heterocycles. The Balaban J connectivity index is 1.13. The second-order valence-corrected chi connectivity index (χ2v) is 18.0. The molecule has 0 aromatic rings. The van der Waals surface area contributed by atoms with Crippen molar-refractivity contribution in [3.05, 3.63) is 84.6 Å². The Labute approximate surface area is 321 Å². The van der Waals surface area contributed by atoms with Crippen LogP contribution in [-0.2, 0) is 9.53 Å². The average molecular weight is 711 g/mol. The molecule has 0 aromatic carbocycles. The largest absolute Gasteiger partial charge is 0.462 e. The summed E-state index contributed by atoms with van der Waals surface area (Å²) in [6, 6.07) is 0. The molecule has 0 radical (unpaired) electrons. The summed E-state index contributed by atoms with van der Waals surface area (Å²) in [5, 5.41) is 0. The lowest BCUT2D eigenvalue weighted by atomic mass is 9.47. The molecule has 290 valence electrons. The molecule has 0 bridgehead atoms. The van der Waals surface area contributed by atoms with Gasteiger partial charge in [0.25, 0.3) is 0 Å². The van der Waals surface area contributed by atoms with Crippen molar-refractivity contribution in [1.82, 2.24) is 0 Å². The first kappa shape index (κ1) is 42.4. The minimum atomic E-state index is 0.0300. The van der Waals surface area contributed by atoms with E-state index in [4.69, 9.17) is 4.74 Å². The van der Waals surface area contributed by atoms with E-state index >= 15 is 0 Å². The standard InChI is InChI=1S/C50H78O2/c1-8-10-11-12-13-14-15-16-17-18-19-20-21-22-23-24-25-26-27-48(51)52-43-34-36-49(6)42(38-43)30-31-44-46-33-32-45(50(46,7)37-35-47(44)49)40(5)28-29-41(9-2)39(3)4/h11-20,28-30,39-41,43-47H,8-10,21-27,31-38H2,1-7H3/b12-11+,14-13+,16-15+,18-17+,20-19+,29-28+. The normalized spacial score (nSPS) is 32.0. The number of carbonyl (C=O) groups excluding carboxylic acids is 1. The van der Waals surface area contributed by atoms with Gasteiger partial charge in [-0.05, 0) is 129 Å². The molecule has 3 fully saturated rings. The second-order valence-electron chi connectivity index (χ2n) is 18.0. The molecule has 0 saturated heterocycles. The van der Waals surface area contributed by atoms with Crippen LogP contribution in [0.5, 0.6) is 0 Å². The lowest BCUT2D eigenvalue weighted by molar-refractivity contribution is -0.151. The molecule has 3 saturated carbocycles. The maximum Gasteiger partial charge on any atom is 0.306 e. The van der Waals surface area contributed by atoms with Gasteiger partial charge in [-0.25, -0.2) is 0 Å². The molecular formula is C50H78O2. The van der Waals surface area contributed by atoms with Crippen molar-refractivity contribution in [2.24, 2.45) is 52.3 Å². The monoisotopic (exact) mass is 711 g/mol. The van der Waals surface area contributed by atoms with Crippen molar-refractivity contribution in [3.8, 4) is 0 Å². The molecule has 2 nitrogen and oxygen atoms in total. The van der Waals surface area contributed by atoms with E-state index in [-0.39, 0.29) is 12.1 Å². The van der Waals surface area contributed by atoms with Crippen LogP contribution >= 0.6 is 0 Å². The van der Waals surface area contributed by atoms with Crippen LogP contribution in [0.3, 0.4) is 0 Å². The third-order valence-electron chi connectivity index (χ3n) is 14.3. The van der Waals surface area contributed by atoms with Gasteiger partial charge in [-0.2, -0.15) is 0 Å². The van der Waals surface area contributed by atoms with Crippen LogP contribution < -0.4 is 0 Å². The Hall–Kier alpha value is -2.35. The number of ether oxygens (including phenoxy) is 1. The van der Waals surface area contributed by atoms with Crippen molar-refractivity contribution in [1.29, 1.82) is 0 Å². The number of hydrogen-bond acceptors (Lipinski definition) is 2. The van der Waals surface area contributed by atoms with E-state index in [1.807, 2.05) is 0 Å². The van der Waals surface area contributed by atoms with Crippen LogP contribution in [0.1, 0.15) is 164 Å². The van der Waals surface area contributed by atoms with E-state index in [1.54, 1.807) is 5.57 Å². The lowest BCUT2D eigenvalue weighted by Gasteiger charge is -2.58. The predicted octanol–water partition coefficient (Wildman–Crippen LogP) is 14.7. The number of fused-ring (bicyclic) bond motifs is 5. The minimum absolute atomic E-state index is 0.0300. The Morgan fingerprint density at radius 2 is 1.46 bits per heavy atom. The SMILES string of the molecule is CCC/C=C/C=C/C=C/C=C/C=C/CCCCCCCC(=O)OC1CCC2(C)C(=CCC3C2CCC2(C)C(C(C)/C=C/C(CC)C(C)C)CCC32)C1. The summed E-state index contributed by atoms with van der Waals surface area (Å²) in [6.07, 6.45) is 50.1. The highest BCUT2D eigenvalue weighted by Gasteiger charge is 2.59. The highest BCUT2D eigenvalue weighted by Crippen LogP contribution is 2.67. The van der Waals surface area contributed by atoms with Crippen LogP contribution in [0.2, 0.25) is 0 Å². The van der Waals surface area contributed by atoms with E-state index < -0.39 is 0 Å². The maximum absolute atomic E-state index is 12.9. The van der Waals surface area contributed by atoms with Crippen LogP contribution in [0.25, 0.3) is 0 Å². The zero-order valence-electron chi connectivity index (χ0n) is 34.7. The third-order valence-corrected chi connectivity index (χ3v) is 14.3. The Morgan fingerprint density at radius 3 is 2.15 bits per heavy atom. The second kappa shape index (κ2) is 21.5. The fraction of sp³-hybridized carbons (Fsp3) is 0.700. The molecule has 0 N–H and O–H groups in total. The van der Waals surface area contributed by atoms with Crippen molar-refractivity contribution in [2.45, 2.75) is 170 Å². The van der Waals surface area contributed by atoms with E-state index in [9.17, 15) is 4.79 Å². The molecule has 2 heteroatoms. The van der Waals surface area contributed by atoms with Gasteiger partial charge in [0.1, 0.15) is 6.10 Å². The molecule has 9 unspecified atom stereocenters. The fourth-order valence-corrected chi connectivity index (χ4v) is 11.1. The first-order valence-corrected chi connectivity index (χ1v) is 22.0. The molecule has 52 heavy (non-hydrogen) atoms. The number of hydrogen-bond donors (Lipinski definition) is 0. The number of carbonyl (C=O) groups is 1. The predicted molar refractivity (Wildman–Crippen MR) is 225 cm³/mol. The number of esters is 1. The van der Waals surface area contributed by atoms with Crippen LogP contribution in [0.15, 0.2) is 84.6 Å². The molecule has 0 heterocycles. The Morgan fingerprint density at radius 1 is 0.788 bits per heavy atom. The Kier molecular flexibility index (Phi) is 17.5. The van der Waals surface area contributed by atoms with E-state index in [0.717, 1.165) is 68.1 Å². The lowest BCUT2D eigenvalue weighted by Crippen LogP contribution is -2.51. The van der Waals surface area contributed by atoms with Gasteiger partial charge in [-0.1, -0.05) is 159 Å². The van der Waals surface area contributed by atoms with E-state index in [0.29, 0.717) is 29.1 Å². The van der Waals surface area contributed by atoms with Crippen molar-refractivity contribution >= 4 is 5.97 Å². The molecule has 0 aromatic heterocycles. The molecule has 0 spiro atoms. The summed E-state index contributed by atoms with van der Waals surface area (Å²) < 4.78 is 6.13. The zero-order chi connectivity index (χ0) is 37.4. The molecule has 4 rings (SSSR count). The molecule has 9 atom stereocenters. The first-order chi connectivity index (χ1) is 25.1. The van der Waals surface area contributed by atoms with Gasteiger partial charge in [-0.3, -0.25) is 4.79 Å². The average Bonchev–Trinajstić information content (AvgIpc) is 3.48. The van der Waals surface area contributed by atoms with Crippen LogP contribution in [0.4, 0.5) is 0 Å². The van der Waals surface area contributed by atoms with Crippen molar-refractivity contribution in [3.63, 3.8) is 0 Å². The summed E-state index contributed by atoms with van der Waals surface area (Å²) in [5.41, 5.74) is 2.40. The molecule has 4 aliphatic rings. The summed E-state index contributed by atoms with van der Waals surface area (Å²) in [5.74, 6) is 5.46. The molecular weight excluding hydrogens is 633 g/mol. The minimum Gasteiger partial charge on any atom is -0.462 e. The summed E-state index contributed by atoms with van der Waals surface area (Å²) in [4.78, 5) is 12.9. The highest BCUT2D eigenvalue weighted by molar-refractivity contribution is 5.69. The molecule has 4 aliphatic carbocycles. The van der Waals surface area contributed by atoms with Crippen molar-refractivity contribution < 1.29 is 9.53 Å². The first-order valence-electron chi connectivity index (χ1n) is 22.0. The smallest absolute Gasteiger partial charge is 0.306 e. The van der Waals surface area contributed by atoms with Gasteiger partial charge in [-0.15, -0.1) is 0 Å². The van der Waals surface area contributed by atoms with E-state index in [2.05, 4.69) is 127 Å². The summed E-state index contributed by atoms with van der Waals surface area (Å²) >= 11 is 0. The Bertz CT molecular complexity index is 1290. The van der Waals surface area contributed by atoms with Gasteiger partial charge in [0.15, 0.2) is 0 Å². The van der Waals surface area contributed by atoms with E-state index in [1.165, 1.54) is 70.6 Å². The van der Waals surface area contributed by atoms with Gasteiger partial charge in [0, 0.05) is 12.8 Å². The number of unbranched alkanes of at least 4 members (excludes halogenated alkanes) is 6. The topological polar surface area (TPSA) is 26.3 Å². The van der Waals surface area contributed by atoms with Gasteiger partial charge in [0.2, 0.25) is 0 Å². The van der Waals surface area contributed by atoms with Gasteiger partial charge < -0.3 is 4.74 Å². The quantitative estimate of drug-likeness (QED) is 0.0544. The summed E-state index contributed by atoms with van der Waals surface area (Å²) in [7, 11) is 0. The van der Waals surface area contributed by atoms with Gasteiger partial charge >= 0.3 is 5.97 Å². The zero-order valence-corrected chi connectivity index (χ0v) is 34.7. The summed E-state index contributed by atoms with van der Waals surface area (Å²) in [6.45, 7) is 17.1. The van der Waals surface area contributed by atoms with Crippen LogP contribution in [-0.4, -0.2) is 12.1 Å². The number of rotatable bonds is 20. The van der Waals surface area contributed by atoms with Gasteiger partial charge in [0.05, 0.1) is 0 Å². The molecule has 0 amide bonds. The highest BCUT2D eigenvalue weighted by atomic mass is 16.5. The third kappa shape index (κ3) is 11.6. The maximum atomic E-state index is 12.9. The fourth-order valence-electron chi connectivity index (χ4n) is 11.1.